The maximum Gasteiger partial charge on any atom is 0.229 e. The monoisotopic (exact) mass is 495 g/mol. The predicted molar refractivity (Wildman–Crippen MR) is 138 cm³/mol. The van der Waals surface area contributed by atoms with Gasteiger partial charge in [0.2, 0.25) is 5.91 Å². The van der Waals surface area contributed by atoms with Crippen LogP contribution in [0.1, 0.15) is 20.8 Å². The van der Waals surface area contributed by atoms with Gasteiger partial charge in [-0.1, -0.05) is 20.8 Å². The molecular weight excluding hydrogens is 473 g/mol. The third-order valence-corrected chi connectivity index (χ3v) is 6.06. The van der Waals surface area contributed by atoms with Crippen molar-refractivity contribution in [2.45, 2.75) is 20.8 Å². The van der Waals surface area contributed by atoms with E-state index in [4.69, 9.17) is 9.40 Å². The van der Waals surface area contributed by atoms with Crippen LogP contribution in [0.5, 0.6) is 0 Å². The zero-order valence-electron chi connectivity index (χ0n) is 20.3. The normalized spacial score (nSPS) is 11.9. The van der Waals surface area contributed by atoms with Crippen molar-refractivity contribution in [3.05, 3.63) is 67.3 Å². The first-order valence-corrected chi connectivity index (χ1v) is 11.6. The Morgan fingerprint density at radius 3 is 2.70 bits per heavy atom. The number of rotatable bonds is 4. The molecule has 0 spiro atoms. The molecule has 6 aromatic rings. The quantitative estimate of drug-likeness (QED) is 0.278. The molecule has 0 radical (unpaired) electrons. The van der Waals surface area contributed by atoms with Gasteiger partial charge in [-0.2, -0.15) is 5.10 Å². The molecule has 1 aromatic carbocycles. The molecule has 37 heavy (non-hydrogen) atoms. The number of anilines is 1. The molecule has 10 heteroatoms. The van der Waals surface area contributed by atoms with Crippen LogP contribution in [-0.4, -0.2) is 36.0 Å². The van der Waals surface area contributed by atoms with Gasteiger partial charge in [-0.15, -0.1) is 0 Å². The van der Waals surface area contributed by atoms with Gasteiger partial charge in [-0.05, 0) is 35.9 Å². The van der Waals surface area contributed by atoms with E-state index in [0.29, 0.717) is 44.9 Å². The molecule has 5 aromatic heterocycles. The number of fused-ring (bicyclic) bond motifs is 2. The average Bonchev–Trinajstić information content (AvgIpc) is 3.62. The lowest BCUT2D eigenvalue weighted by Crippen LogP contribution is -2.27. The SMILES string of the molecule is CC(C)(C)C(=O)Nc1cncc(-c2cc(F)c3n[nH]c(-c4nc5c(-c6ccoc6)nccc5[nH]4)c3c2)c1. The van der Waals surface area contributed by atoms with Crippen LogP contribution in [0, 0.1) is 11.2 Å². The highest BCUT2D eigenvalue weighted by molar-refractivity contribution is 5.98. The number of halogens is 1. The number of carbonyl (C=O) groups is 1. The van der Waals surface area contributed by atoms with Gasteiger partial charge in [-0.25, -0.2) is 9.37 Å². The van der Waals surface area contributed by atoms with Gasteiger partial charge in [0.1, 0.15) is 22.4 Å². The van der Waals surface area contributed by atoms with Gasteiger partial charge in [0, 0.05) is 34.3 Å². The first kappa shape index (κ1) is 22.6. The number of aromatic amines is 2. The molecule has 6 rings (SSSR count). The van der Waals surface area contributed by atoms with Crippen LogP contribution in [0.25, 0.3) is 55.8 Å². The van der Waals surface area contributed by atoms with Crippen LogP contribution >= 0.6 is 0 Å². The number of nitrogens with one attached hydrogen (secondary N) is 3. The molecule has 9 nitrogen and oxygen atoms in total. The first-order chi connectivity index (χ1) is 17.8. The second kappa shape index (κ2) is 8.37. The summed E-state index contributed by atoms with van der Waals surface area (Å²) < 4.78 is 20.4. The van der Waals surface area contributed by atoms with Crippen molar-refractivity contribution >= 4 is 33.5 Å². The van der Waals surface area contributed by atoms with E-state index < -0.39 is 11.2 Å². The summed E-state index contributed by atoms with van der Waals surface area (Å²) in [6.07, 6.45) is 8.06. The maximum atomic E-state index is 15.2. The Labute approximate surface area is 210 Å². The predicted octanol–water partition coefficient (Wildman–Crippen LogP) is 5.95. The van der Waals surface area contributed by atoms with Crippen molar-refractivity contribution in [3.8, 4) is 33.9 Å². The lowest BCUT2D eigenvalue weighted by atomic mass is 9.95. The van der Waals surface area contributed by atoms with E-state index in [2.05, 4.69) is 30.5 Å². The molecule has 0 aliphatic rings. The number of amides is 1. The van der Waals surface area contributed by atoms with E-state index in [9.17, 15) is 4.79 Å². The van der Waals surface area contributed by atoms with Crippen LogP contribution < -0.4 is 5.32 Å². The second-order valence-electron chi connectivity index (χ2n) is 9.77. The fourth-order valence-electron chi connectivity index (χ4n) is 4.07. The Balaban J connectivity index is 1.43. The van der Waals surface area contributed by atoms with E-state index in [0.717, 1.165) is 11.1 Å². The molecule has 0 aliphatic carbocycles. The molecule has 5 heterocycles. The topological polar surface area (TPSA) is 125 Å². The average molecular weight is 496 g/mol. The third-order valence-electron chi connectivity index (χ3n) is 6.06. The van der Waals surface area contributed by atoms with Gasteiger partial charge in [0.15, 0.2) is 11.6 Å². The van der Waals surface area contributed by atoms with Gasteiger partial charge in [0.25, 0.3) is 0 Å². The lowest BCUT2D eigenvalue weighted by molar-refractivity contribution is -0.123. The number of carbonyl (C=O) groups excluding carboxylic acids is 1. The van der Waals surface area contributed by atoms with Crippen molar-refractivity contribution in [2.75, 3.05) is 5.32 Å². The number of benzene rings is 1. The number of aromatic nitrogens is 6. The number of furan rings is 1. The van der Waals surface area contributed by atoms with Gasteiger partial charge >= 0.3 is 0 Å². The van der Waals surface area contributed by atoms with E-state index in [1.165, 1.54) is 6.07 Å². The van der Waals surface area contributed by atoms with Gasteiger partial charge in [0.05, 0.1) is 29.9 Å². The summed E-state index contributed by atoms with van der Waals surface area (Å²) in [6.45, 7) is 5.49. The zero-order chi connectivity index (χ0) is 25.7. The Hall–Kier alpha value is -4.86. The summed E-state index contributed by atoms with van der Waals surface area (Å²) in [6, 6.07) is 8.63. The van der Waals surface area contributed by atoms with Gasteiger partial charge < -0.3 is 14.7 Å². The Morgan fingerprint density at radius 1 is 1.05 bits per heavy atom. The van der Waals surface area contributed by atoms with Crippen molar-refractivity contribution in [1.82, 2.24) is 30.1 Å². The standard InChI is InChI=1S/C27H22FN7O2/c1-27(2,3)26(36)31-17-8-16(11-29-12-17)15-9-18-22(19(28)10-15)34-35-23(18)25-32-20-4-6-30-21(24(20)33-25)14-5-7-37-13-14/h4-13H,1-3H3,(H,31,36)(H,32,33)(H,34,35). The van der Waals surface area contributed by atoms with Crippen LogP contribution in [0.3, 0.4) is 0 Å². The molecule has 184 valence electrons. The Morgan fingerprint density at radius 2 is 1.92 bits per heavy atom. The molecule has 0 aliphatic heterocycles. The number of H-pyrrole nitrogens is 2. The highest BCUT2D eigenvalue weighted by atomic mass is 19.1. The minimum atomic E-state index is -0.563. The van der Waals surface area contributed by atoms with Crippen LogP contribution in [0.15, 0.2) is 65.9 Å². The zero-order valence-corrected chi connectivity index (χ0v) is 20.3. The van der Waals surface area contributed by atoms with Crippen molar-refractivity contribution in [3.63, 3.8) is 0 Å². The first-order valence-electron chi connectivity index (χ1n) is 11.6. The number of hydrogen-bond donors (Lipinski definition) is 3. The molecule has 1 amide bonds. The largest absolute Gasteiger partial charge is 0.472 e. The van der Waals surface area contributed by atoms with Crippen molar-refractivity contribution < 1.29 is 13.6 Å². The van der Waals surface area contributed by atoms with Crippen LogP contribution in [0.2, 0.25) is 0 Å². The summed E-state index contributed by atoms with van der Waals surface area (Å²) in [4.78, 5) is 29.1. The molecule has 0 atom stereocenters. The molecule has 3 N–H and O–H groups in total. The molecule has 0 fully saturated rings. The molecule has 0 saturated heterocycles. The highest BCUT2D eigenvalue weighted by Crippen LogP contribution is 2.34. The van der Waals surface area contributed by atoms with E-state index >= 15 is 4.39 Å². The van der Waals surface area contributed by atoms with E-state index in [1.807, 2.05) is 39.0 Å². The summed E-state index contributed by atoms with van der Waals surface area (Å²) in [5.74, 6) is -0.133. The Kier molecular flexibility index (Phi) is 5.11. The summed E-state index contributed by atoms with van der Waals surface area (Å²) in [5.41, 5.74) is 4.83. The number of imidazole rings is 1. The summed E-state index contributed by atoms with van der Waals surface area (Å²) in [7, 11) is 0. The molecular formula is C27H22FN7O2. The van der Waals surface area contributed by atoms with Crippen LogP contribution in [0.4, 0.5) is 10.1 Å². The summed E-state index contributed by atoms with van der Waals surface area (Å²) >= 11 is 0. The third kappa shape index (κ3) is 4.02. The lowest BCUT2D eigenvalue weighted by Gasteiger charge is -2.17. The molecule has 0 unspecified atom stereocenters. The smallest absolute Gasteiger partial charge is 0.229 e. The van der Waals surface area contributed by atoms with E-state index in [-0.39, 0.29) is 11.4 Å². The number of nitrogens with zero attached hydrogens (tertiary/aromatic N) is 4. The second-order valence-corrected chi connectivity index (χ2v) is 9.77. The minimum Gasteiger partial charge on any atom is -0.472 e. The van der Waals surface area contributed by atoms with Crippen molar-refractivity contribution in [1.29, 1.82) is 0 Å². The number of pyridine rings is 2. The van der Waals surface area contributed by atoms with Crippen LogP contribution in [-0.2, 0) is 4.79 Å². The fourth-order valence-corrected chi connectivity index (χ4v) is 4.07. The summed E-state index contributed by atoms with van der Waals surface area (Å²) in [5, 5.41) is 10.5. The maximum absolute atomic E-state index is 15.2. The number of hydrogen-bond acceptors (Lipinski definition) is 6. The highest BCUT2D eigenvalue weighted by Gasteiger charge is 2.22. The van der Waals surface area contributed by atoms with Gasteiger partial charge in [-0.3, -0.25) is 19.9 Å². The minimum absolute atomic E-state index is 0.139. The Bertz CT molecular complexity index is 1780. The fraction of sp³-hybridized carbons (Fsp3) is 0.148. The van der Waals surface area contributed by atoms with Crippen molar-refractivity contribution in [2.24, 2.45) is 5.41 Å². The van der Waals surface area contributed by atoms with E-state index in [1.54, 1.807) is 37.2 Å². The molecule has 0 bridgehead atoms. The molecule has 0 saturated carbocycles.